The van der Waals surface area contributed by atoms with Crippen LogP contribution in [-0.4, -0.2) is 44.9 Å². The lowest BCUT2D eigenvalue weighted by molar-refractivity contribution is 0.0533. The van der Waals surface area contributed by atoms with Gasteiger partial charge in [-0.15, -0.1) is 19.0 Å². The van der Waals surface area contributed by atoms with Gasteiger partial charge in [-0.2, -0.15) is 0 Å². The summed E-state index contributed by atoms with van der Waals surface area (Å²) >= 11 is 0. The maximum Gasteiger partial charge on any atom is 0.253 e. The molecule has 6 nitrogen and oxygen atoms in total. The van der Waals surface area contributed by atoms with E-state index in [0.717, 1.165) is 6.42 Å². The lowest BCUT2D eigenvalue weighted by Crippen LogP contribution is -2.54. The van der Waals surface area contributed by atoms with Crippen LogP contribution >= 0.6 is 12.4 Å². The average Bonchev–Trinajstić information content (AvgIpc) is 2.55. The smallest absolute Gasteiger partial charge is 0.253 e. The van der Waals surface area contributed by atoms with Gasteiger partial charge in [-0.1, -0.05) is 26.0 Å². The first kappa shape index (κ1) is 21.6. The van der Waals surface area contributed by atoms with E-state index in [1.807, 2.05) is 13.8 Å². The number of hydrogen-bond acceptors (Lipinski definition) is 4. The second kappa shape index (κ2) is 8.31. The number of rotatable bonds is 5. The fourth-order valence-electron chi connectivity index (χ4n) is 2.78. The molecule has 1 amide bonds. The Bertz CT molecular complexity index is 734. The molecule has 2 rings (SSSR count). The highest BCUT2D eigenvalue weighted by atomic mass is 35.5. The number of carbonyl (C=O) groups is 1. The highest BCUT2D eigenvalue weighted by Crippen LogP contribution is 2.28. The number of benzene rings is 1. The van der Waals surface area contributed by atoms with Crippen molar-refractivity contribution in [2.45, 2.75) is 31.2 Å². The molecule has 0 aromatic heterocycles. The number of nitrogens with one attached hydrogen (secondary N) is 1. The zero-order valence-electron chi connectivity index (χ0n) is 14.6. The van der Waals surface area contributed by atoms with Crippen LogP contribution in [0.25, 0.3) is 0 Å². The van der Waals surface area contributed by atoms with Crippen LogP contribution in [0, 0.1) is 5.41 Å². The van der Waals surface area contributed by atoms with E-state index in [9.17, 15) is 13.2 Å². The molecule has 0 aliphatic carbocycles. The second-order valence-corrected chi connectivity index (χ2v) is 8.55. The summed E-state index contributed by atoms with van der Waals surface area (Å²) in [6, 6.07) is 6.15. The van der Waals surface area contributed by atoms with E-state index >= 15 is 0 Å². The third kappa shape index (κ3) is 5.04. The number of carbonyl (C=O) groups excluding carboxylic acids is 1. The normalized spacial score (nSPS) is 19.8. The predicted octanol–water partition coefficient (Wildman–Crippen LogP) is 1.77. The molecule has 1 heterocycles. The molecule has 1 fully saturated rings. The van der Waals surface area contributed by atoms with Crippen LogP contribution < -0.4 is 10.5 Å². The number of amides is 1. The fraction of sp³-hybridized carbons (Fsp3) is 0.471. The van der Waals surface area contributed by atoms with Gasteiger partial charge in [-0.05, 0) is 30.0 Å². The van der Waals surface area contributed by atoms with Crippen LogP contribution in [-0.2, 0) is 10.0 Å². The second-order valence-electron chi connectivity index (χ2n) is 6.78. The van der Waals surface area contributed by atoms with Gasteiger partial charge in [-0.3, -0.25) is 4.79 Å². The molecule has 8 heteroatoms. The Balaban J connectivity index is 0.00000312. The molecule has 1 aliphatic rings. The number of piperidine rings is 1. The van der Waals surface area contributed by atoms with Crippen molar-refractivity contribution in [2.75, 3.05) is 19.6 Å². The summed E-state index contributed by atoms with van der Waals surface area (Å²) in [5.41, 5.74) is 6.31. The summed E-state index contributed by atoms with van der Waals surface area (Å²) in [6.45, 7) is 8.83. The van der Waals surface area contributed by atoms with E-state index in [1.54, 1.807) is 17.0 Å². The first-order valence-electron chi connectivity index (χ1n) is 7.93. The largest absolute Gasteiger partial charge is 0.338 e. The molecule has 3 N–H and O–H groups in total. The standard InChI is InChI=1S/C17H25N3O3S.ClH/c1-4-9-19-24(22,23)14-7-5-6-13(11-14)16(21)20-10-8-15(18)17(2,3)12-20;/h4-7,11,15,19H,1,8-10,12,18H2,2-3H3;1H. The van der Waals surface area contributed by atoms with E-state index in [4.69, 9.17) is 5.73 Å². The van der Waals surface area contributed by atoms with E-state index < -0.39 is 10.0 Å². The summed E-state index contributed by atoms with van der Waals surface area (Å²) < 4.78 is 26.8. The molecule has 0 spiro atoms. The number of nitrogens with two attached hydrogens (primary N) is 1. The van der Waals surface area contributed by atoms with Crippen LogP contribution in [0.1, 0.15) is 30.6 Å². The molecule has 1 aliphatic heterocycles. The number of sulfonamides is 1. The Kier molecular flexibility index (Phi) is 7.19. The molecule has 1 unspecified atom stereocenters. The van der Waals surface area contributed by atoms with E-state index in [-0.39, 0.29) is 41.2 Å². The average molecular weight is 388 g/mol. The minimum absolute atomic E-state index is 0. The van der Waals surface area contributed by atoms with Crippen LogP contribution in [0.3, 0.4) is 0 Å². The third-order valence-corrected chi connectivity index (χ3v) is 5.83. The Morgan fingerprint density at radius 3 is 2.76 bits per heavy atom. The van der Waals surface area contributed by atoms with Crippen molar-refractivity contribution in [3.63, 3.8) is 0 Å². The van der Waals surface area contributed by atoms with Gasteiger partial charge in [0.15, 0.2) is 0 Å². The summed E-state index contributed by atoms with van der Waals surface area (Å²) in [4.78, 5) is 14.6. The summed E-state index contributed by atoms with van der Waals surface area (Å²) in [7, 11) is -3.65. The Labute approximate surface area is 155 Å². The molecule has 0 saturated carbocycles. The molecule has 0 radical (unpaired) electrons. The van der Waals surface area contributed by atoms with Gasteiger partial charge < -0.3 is 10.6 Å². The van der Waals surface area contributed by atoms with Crippen LogP contribution in [0.5, 0.6) is 0 Å². The molecule has 1 saturated heterocycles. The van der Waals surface area contributed by atoms with E-state index in [2.05, 4.69) is 11.3 Å². The quantitative estimate of drug-likeness (QED) is 0.753. The van der Waals surface area contributed by atoms with Crippen molar-refractivity contribution >= 4 is 28.3 Å². The fourth-order valence-corrected chi connectivity index (χ4v) is 3.82. The van der Waals surface area contributed by atoms with Crippen molar-refractivity contribution < 1.29 is 13.2 Å². The first-order chi connectivity index (χ1) is 11.2. The number of hydrogen-bond donors (Lipinski definition) is 2. The van der Waals surface area contributed by atoms with Gasteiger partial charge in [-0.25, -0.2) is 13.1 Å². The minimum Gasteiger partial charge on any atom is -0.338 e. The topological polar surface area (TPSA) is 92.5 Å². The lowest BCUT2D eigenvalue weighted by Gasteiger charge is -2.42. The number of halogens is 1. The summed E-state index contributed by atoms with van der Waals surface area (Å²) in [6.07, 6.45) is 2.20. The Morgan fingerprint density at radius 1 is 1.48 bits per heavy atom. The van der Waals surface area contributed by atoms with Crippen molar-refractivity contribution in [1.29, 1.82) is 0 Å². The van der Waals surface area contributed by atoms with Gasteiger partial charge >= 0.3 is 0 Å². The Hall–Kier alpha value is -1.41. The predicted molar refractivity (Wildman–Crippen MR) is 101 cm³/mol. The van der Waals surface area contributed by atoms with E-state index in [1.165, 1.54) is 18.2 Å². The molecule has 25 heavy (non-hydrogen) atoms. The highest BCUT2D eigenvalue weighted by Gasteiger charge is 2.35. The molecule has 140 valence electrons. The Morgan fingerprint density at radius 2 is 2.16 bits per heavy atom. The first-order valence-corrected chi connectivity index (χ1v) is 9.41. The molecule has 1 atom stereocenters. The van der Waals surface area contributed by atoms with Crippen LogP contribution in [0.2, 0.25) is 0 Å². The van der Waals surface area contributed by atoms with Crippen LogP contribution in [0.4, 0.5) is 0 Å². The highest BCUT2D eigenvalue weighted by molar-refractivity contribution is 7.89. The SMILES string of the molecule is C=CCNS(=O)(=O)c1cccc(C(=O)N2CCC(N)C(C)(C)C2)c1.Cl. The minimum atomic E-state index is -3.65. The zero-order valence-corrected chi connectivity index (χ0v) is 16.2. The van der Waals surface area contributed by atoms with Gasteiger partial charge in [0.25, 0.3) is 5.91 Å². The molecule has 1 aromatic rings. The van der Waals surface area contributed by atoms with Crippen molar-refractivity contribution in [2.24, 2.45) is 11.1 Å². The monoisotopic (exact) mass is 387 g/mol. The van der Waals surface area contributed by atoms with Crippen molar-refractivity contribution in [3.05, 3.63) is 42.5 Å². The van der Waals surface area contributed by atoms with Gasteiger partial charge in [0.2, 0.25) is 10.0 Å². The summed E-state index contributed by atoms with van der Waals surface area (Å²) in [5, 5.41) is 0. The maximum absolute atomic E-state index is 12.7. The maximum atomic E-state index is 12.7. The lowest BCUT2D eigenvalue weighted by atomic mass is 9.79. The van der Waals surface area contributed by atoms with Gasteiger partial charge in [0.1, 0.15) is 0 Å². The third-order valence-electron chi connectivity index (χ3n) is 4.41. The molecular formula is C17H26ClN3O3S. The zero-order chi connectivity index (χ0) is 18.0. The summed E-state index contributed by atoms with van der Waals surface area (Å²) in [5.74, 6) is -0.171. The molecule has 1 aromatic carbocycles. The van der Waals surface area contributed by atoms with Crippen LogP contribution in [0.15, 0.2) is 41.8 Å². The van der Waals surface area contributed by atoms with Gasteiger partial charge in [0.05, 0.1) is 4.90 Å². The van der Waals surface area contributed by atoms with E-state index in [0.29, 0.717) is 18.7 Å². The molecule has 0 bridgehead atoms. The van der Waals surface area contributed by atoms with Gasteiger partial charge in [0, 0.05) is 31.2 Å². The van der Waals surface area contributed by atoms with Crippen molar-refractivity contribution in [1.82, 2.24) is 9.62 Å². The van der Waals surface area contributed by atoms with Crippen molar-refractivity contribution in [3.8, 4) is 0 Å². The molecular weight excluding hydrogens is 362 g/mol. The number of nitrogens with zero attached hydrogens (tertiary/aromatic N) is 1. The number of likely N-dealkylation sites (tertiary alicyclic amines) is 1.